The van der Waals surface area contributed by atoms with Crippen LogP contribution in [0.4, 0.5) is 0 Å². The Kier molecular flexibility index (Phi) is 10.2. The Hall–Kier alpha value is -2.55. The number of phenolic OH excluding ortho intramolecular Hbond substituents is 1. The minimum absolute atomic E-state index is 0.0207. The second kappa shape index (κ2) is 12.1. The number of aliphatic carboxylic acids is 1. The molecule has 2 aromatic carbocycles. The van der Waals surface area contributed by atoms with Crippen molar-refractivity contribution in [2.24, 2.45) is 0 Å². The van der Waals surface area contributed by atoms with Gasteiger partial charge in [-0.2, -0.15) is 0 Å². The molecule has 40 heavy (non-hydrogen) atoms. The van der Waals surface area contributed by atoms with E-state index in [0.717, 1.165) is 53.5 Å². The van der Waals surface area contributed by atoms with Crippen LogP contribution in [0.15, 0.2) is 30.8 Å². The molecular formula is C37H56O3. The Balaban J connectivity index is 2.86. The Morgan fingerprint density at radius 2 is 1.02 bits per heavy atom. The Morgan fingerprint density at radius 1 is 0.650 bits per heavy atom. The molecule has 0 atom stereocenters. The molecule has 0 unspecified atom stereocenters. The SMILES string of the molecule is C=C(C(=O)O)c1c(CCc2cc(C(C)(C)CC)cc(C(C)(C)CC)c2O)cc(C(C)(C)CC)cc1C(C)(C)CC. The van der Waals surface area contributed by atoms with Crippen molar-refractivity contribution in [1.29, 1.82) is 0 Å². The summed E-state index contributed by atoms with van der Waals surface area (Å²) in [7, 11) is 0. The average molecular weight is 549 g/mol. The predicted octanol–water partition coefficient (Wildman–Crippen LogP) is 10.0. The van der Waals surface area contributed by atoms with Crippen molar-refractivity contribution < 1.29 is 15.0 Å². The van der Waals surface area contributed by atoms with Gasteiger partial charge in [0, 0.05) is 5.56 Å². The molecule has 0 aliphatic rings. The number of carboxylic acid groups (broad SMARTS) is 1. The quantitative estimate of drug-likeness (QED) is 0.245. The van der Waals surface area contributed by atoms with Crippen LogP contribution in [0.2, 0.25) is 0 Å². The third-order valence-corrected chi connectivity index (χ3v) is 10.2. The molecule has 0 heterocycles. The van der Waals surface area contributed by atoms with Gasteiger partial charge in [0.2, 0.25) is 0 Å². The summed E-state index contributed by atoms with van der Waals surface area (Å²) in [4.78, 5) is 12.3. The molecule has 0 aliphatic carbocycles. The lowest BCUT2D eigenvalue weighted by molar-refractivity contribution is -0.130. The topological polar surface area (TPSA) is 57.5 Å². The summed E-state index contributed by atoms with van der Waals surface area (Å²) in [6.45, 7) is 30.6. The standard InChI is InChI=1S/C37H56O3/c1-14-34(6,7)27-20-25(31(24(5)33(39)40)29(22-27)36(10,11)16-3)18-19-26-21-28(35(8,9)15-2)23-30(32(26)38)37(12,13)17-4/h20-23,38H,5,14-19H2,1-4,6-13H3,(H,39,40). The van der Waals surface area contributed by atoms with Gasteiger partial charge >= 0.3 is 5.97 Å². The number of hydrogen-bond donors (Lipinski definition) is 2. The van der Waals surface area contributed by atoms with E-state index in [9.17, 15) is 15.0 Å². The predicted molar refractivity (Wildman–Crippen MR) is 172 cm³/mol. The van der Waals surface area contributed by atoms with Gasteiger partial charge in [-0.15, -0.1) is 0 Å². The average Bonchev–Trinajstić information content (AvgIpc) is 2.90. The van der Waals surface area contributed by atoms with Gasteiger partial charge in [-0.3, -0.25) is 0 Å². The van der Waals surface area contributed by atoms with E-state index in [1.165, 1.54) is 11.1 Å². The van der Waals surface area contributed by atoms with Gasteiger partial charge in [0.15, 0.2) is 0 Å². The molecule has 0 aromatic heterocycles. The number of rotatable bonds is 13. The van der Waals surface area contributed by atoms with E-state index in [1.54, 1.807) is 0 Å². The number of aryl methyl sites for hydroxylation is 2. The highest BCUT2D eigenvalue weighted by Gasteiger charge is 2.31. The molecule has 0 amide bonds. The number of hydrogen-bond acceptors (Lipinski definition) is 2. The number of carbonyl (C=O) groups is 1. The fourth-order valence-electron chi connectivity index (χ4n) is 5.14. The molecule has 3 nitrogen and oxygen atoms in total. The van der Waals surface area contributed by atoms with E-state index in [2.05, 4.69) is 114 Å². The van der Waals surface area contributed by atoms with Crippen molar-refractivity contribution in [3.63, 3.8) is 0 Å². The maximum atomic E-state index is 12.3. The van der Waals surface area contributed by atoms with Crippen LogP contribution in [0.3, 0.4) is 0 Å². The molecule has 0 aliphatic heterocycles. The van der Waals surface area contributed by atoms with Gasteiger partial charge in [0.05, 0.1) is 5.57 Å². The van der Waals surface area contributed by atoms with Crippen LogP contribution in [-0.4, -0.2) is 16.2 Å². The first-order chi connectivity index (χ1) is 18.3. The van der Waals surface area contributed by atoms with Crippen molar-refractivity contribution in [2.45, 2.75) is 143 Å². The first-order valence-electron chi connectivity index (χ1n) is 15.3. The molecular weight excluding hydrogens is 492 g/mol. The summed E-state index contributed by atoms with van der Waals surface area (Å²) in [5.41, 5.74) is 6.89. The molecule has 0 radical (unpaired) electrons. The van der Waals surface area contributed by atoms with E-state index in [1.807, 2.05) is 0 Å². The van der Waals surface area contributed by atoms with Crippen molar-refractivity contribution in [3.8, 4) is 5.75 Å². The van der Waals surface area contributed by atoms with Crippen LogP contribution in [0.25, 0.3) is 5.57 Å². The minimum Gasteiger partial charge on any atom is -0.507 e. The summed E-state index contributed by atoms with van der Waals surface area (Å²) in [6.07, 6.45) is 5.01. The normalized spacial score (nSPS) is 13.0. The third kappa shape index (κ3) is 6.84. The van der Waals surface area contributed by atoms with Gasteiger partial charge in [0.1, 0.15) is 5.75 Å². The number of carboxylic acids is 1. The Morgan fingerprint density at radius 3 is 1.45 bits per heavy atom. The summed E-state index contributed by atoms with van der Waals surface area (Å²) < 4.78 is 0. The number of aromatic hydroxyl groups is 1. The van der Waals surface area contributed by atoms with Crippen LogP contribution < -0.4 is 0 Å². The fourth-order valence-corrected chi connectivity index (χ4v) is 5.14. The van der Waals surface area contributed by atoms with Crippen molar-refractivity contribution in [2.75, 3.05) is 0 Å². The molecule has 2 rings (SSSR count). The fraction of sp³-hybridized carbons (Fsp3) is 0.595. The van der Waals surface area contributed by atoms with E-state index in [-0.39, 0.29) is 27.2 Å². The Labute approximate surface area is 245 Å². The maximum absolute atomic E-state index is 12.3. The van der Waals surface area contributed by atoms with Crippen LogP contribution in [0, 0.1) is 0 Å². The molecule has 3 heteroatoms. The van der Waals surface area contributed by atoms with Crippen molar-refractivity contribution in [3.05, 3.63) is 69.8 Å². The number of phenols is 1. The van der Waals surface area contributed by atoms with E-state index >= 15 is 0 Å². The molecule has 0 fully saturated rings. The van der Waals surface area contributed by atoms with E-state index in [0.29, 0.717) is 18.6 Å². The zero-order valence-corrected chi connectivity index (χ0v) is 27.6. The number of benzene rings is 2. The summed E-state index contributed by atoms with van der Waals surface area (Å²) >= 11 is 0. The lowest BCUT2D eigenvalue weighted by Crippen LogP contribution is -2.24. The molecule has 0 bridgehead atoms. The summed E-state index contributed by atoms with van der Waals surface area (Å²) in [5, 5.41) is 21.7. The molecule has 222 valence electrons. The first kappa shape index (κ1) is 33.7. The third-order valence-electron chi connectivity index (χ3n) is 10.2. The lowest BCUT2D eigenvalue weighted by Gasteiger charge is -2.33. The largest absolute Gasteiger partial charge is 0.507 e. The summed E-state index contributed by atoms with van der Waals surface area (Å²) in [5.74, 6) is -0.612. The van der Waals surface area contributed by atoms with Gasteiger partial charge in [0.25, 0.3) is 0 Å². The molecule has 0 saturated carbocycles. The smallest absolute Gasteiger partial charge is 0.335 e. The van der Waals surface area contributed by atoms with E-state index in [4.69, 9.17) is 0 Å². The zero-order valence-electron chi connectivity index (χ0n) is 27.6. The zero-order chi connectivity index (χ0) is 30.8. The summed E-state index contributed by atoms with van der Waals surface area (Å²) in [6, 6.07) is 8.81. The Bertz CT molecular complexity index is 1240. The highest BCUT2D eigenvalue weighted by atomic mass is 16.4. The van der Waals surface area contributed by atoms with Crippen LogP contribution in [0.1, 0.15) is 148 Å². The maximum Gasteiger partial charge on any atom is 0.335 e. The second-order valence-corrected chi connectivity index (χ2v) is 14.3. The van der Waals surface area contributed by atoms with Crippen LogP contribution in [0.5, 0.6) is 5.75 Å². The van der Waals surface area contributed by atoms with Gasteiger partial charge < -0.3 is 10.2 Å². The minimum atomic E-state index is -0.988. The van der Waals surface area contributed by atoms with E-state index < -0.39 is 5.97 Å². The van der Waals surface area contributed by atoms with Crippen LogP contribution in [-0.2, 0) is 39.3 Å². The van der Waals surface area contributed by atoms with Gasteiger partial charge in [-0.25, -0.2) is 4.79 Å². The first-order valence-corrected chi connectivity index (χ1v) is 15.3. The lowest BCUT2D eigenvalue weighted by atomic mass is 9.71. The molecule has 2 aromatic rings. The monoisotopic (exact) mass is 548 g/mol. The molecule has 0 spiro atoms. The van der Waals surface area contributed by atoms with Crippen molar-refractivity contribution >= 4 is 11.5 Å². The highest BCUT2D eigenvalue weighted by molar-refractivity contribution is 6.15. The van der Waals surface area contributed by atoms with Crippen molar-refractivity contribution in [1.82, 2.24) is 0 Å². The van der Waals surface area contributed by atoms with Gasteiger partial charge in [-0.1, -0.05) is 114 Å². The van der Waals surface area contributed by atoms with Crippen LogP contribution >= 0.6 is 0 Å². The molecule has 2 N–H and O–H groups in total. The van der Waals surface area contributed by atoms with Gasteiger partial charge in [-0.05, 0) is 93.6 Å². The second-order valence-electron chi connectivity index (χ2n) is 14.3. The molecule has 0 saturated heterocycles. The highest BCUT2D eigenvalue weighted by Crippen LogP contribution is 2.43.